The predicted octanol–water partition coefficient (Wildman–Crippen LogP) is -0.342. The number of hydrogen-bond acceptors (Lipinski definition) is 11. The van der Waals surface area contributed by atoms with Gasteiger partial charge in [0.05, 0.1) is 45.4 Å². The van der Waals surface area contributed by atoms with Crippen molar-refractivity contribution >= 4 is 11.9 Å². The average Bonchev–Trinajstić information content (AvgIpc) is 2.54. The van der Waals surface area contributed by atoms with Gasteiger partial charge in [0.2, 0.25) is 0 Å². The van der Waals surface area contributed by atoms with E-state index in [4.69, 9.17) is 14.6 Å². The van der Waals surface area contributed by atoms with Gasteiger partial charge in [0.1, 0.15) is 0 Å². The Balaban J connectivity index is 3.86. The maximum absolute atomic E-state index is 11.7. The van der Waals surface area contributed by atoms with Crippen LogP contribution < -0.4 is 0 Å². The van der Waals surface area contributed by atoms with E-state index in [1.54, 1.807) is 0 Å². The van der Waals surface area contributed by atoms with Crippen LogP contribution in [0.3, 0.4) is 0 Å². The molecule has 1 unspecified atom stereocenters. The van der Waals surface area contributed by atoms with Crippen molar-refractivity contribution in [2.75, 3.05) is 33.0 Å². The Labute approximate surface area is 142 Å². The third-order valence-electron chi connectivity index (χ3n) is 2.69. The summed E-state index contributed by atoms with van der Waals surface area (Å²) in [5.41, 5.74) is 0. The van der Waals surface area contributed by atoms with Crippen LogP contribution in [0.15, 0.2) is 0 Å². The van der Waals surface area contributed by atoms with Gasteiger partial charge in [-0.15, -0.1) is 20.2 Å². The molecule has 25 heavy (non-hydrogen) atoms. The molecule has 0 rings (SSSR count). The van der Waals surface area contributed by atoms with Gasteiger partial charge in [-0.2, -0.15) is 0 Å². The molecule has 0 bridgehead atoms. The standard InChI is InChI=1S/C12H20N2O11/c15-9-10(8-11(16)22-5-3-7-25-14(20)21)12(17)23-4-1-2-6-24-13(18)19/h10,15H,1-9H2. The number of aliphatic hydroxyl groups is 1. The second kappa shape index (κ2) is 13.7. The number of rotatable bonds is 15. The van der Waals surface area contributed by atoms with E-state index in [0.717, 1.165) is 0 Å². The molecule has 0 aliphatic heterocycles. The number of unbranched alkanes of at least 4 members (excludes halogenated alkanes) is 1. The minimum Gasteiger partial charge on any atom is -0.466 e. The molecule has 0 aromatic rings. The first-order chi connectivity index (χ1) is 11.9. The molecule has 0 heterocycles. The van der Waals surface area contributed by atoms with Crippen LogP contribution in [0.4, 0.5) is 0 Å². The summed E-state index contributed by atoms with van der Waals surface area (Å²) >= 11 is 0. The van der Waals surface area contributed by atoms with Crippen LogP contribution in [0, 0.1) is 26.1 Å². The molecule has 0 spiro atoms. The quantitative estimate of drug-likeness (QED) is 0.173. The number of aliphatic hydroxyl groups excluding tert-OH is 1. The maximum atomic E-state index is 11.7. The Bertz CT molecular complexity index is 443. The lowest BCUT2D eigenvalue weighted by Gasteiger charge is -2.13. The molecule has 144 valence electrons. The van der Waals surface area contributed by atoms with Gasteiger partial charge in [-0.25, -0.2) is 0 Å². The first-order valence-corrected chi connectivity index (χ1v) is 7.34. The molecule has 1 N–H and O–H groups in total. The van der Waals surface area contributed by atoms with Crippen LogP contribution in [0.25, 0.3) is 0 Å². The number of ether oxygens (including phenoxy) is 2. The molecule has 13 heteroatoms. The van der Waals surface area contributed by atoms with Gasteiger partial charge < -0.3 is 24.3 Å². The number of nitrogens with zero attached hydrogens (tertiary/aromatic N) is 2. The Kier molecular flexibility index (Phi) is 12.2. The van der Waals surface area contributed by atoms with E-state index in [1.165, 1.54) is 0 Å². The Morgan fingerprint density at radius 3 is 1.96 bits per heavy atom. The van der Waals surface area contributed by atoms with Gasteiger partial charge in [-0.05, 0) is 12.8 Å². The predicted molar refractivity (Wildman–Crippen MR) is 76.9 cm³/mol. The zero-order valence-corrected chi connectivity index (χ0v) is 13.4. The van der Waals surface area contributed by atoms with Crippen molar-refractivity contribution in [1.29, 1.82) is 0 Å². The monoisotopic (exact) mass is 368 g/mol. The summed E-state index contributed by atoms with van der Waals surface area (Å²) in [6.45, 7) is -1.14. The summed E-state index contributed by atoms with van der Waals surface area (Å²) in [6, 6.07) is 0. The fourth-order valence-corrected chi connectivity index (χ4v) is 1.50. The third-order valence-corrected chi connectivity index (χ3v) is 2.69. The molecule has 0 saturated carbocycles. The molecule has 0 aromatic heterocycles. The minimum atomic E-state index is -1.10. The fourth-order valence-electron chi connectivity index (χ4n) is 1.50. The molecule has 0 fully saturated rings. The number of carbonyl (C=O) groups excluding carboxylic acids is 2. The van der Waals surface area contributed by atoms with Gasteiger partial charge in [-0.1, -0.05) is 0 Å². The van der Waals surface area contributed by atoms with Crippen LogP contribution >= 0.6 is 0 Å². The Morgan fingerprint density at radius 2 is 1.40 bits per heavy atom. The molecular formula is C12H20N2O11. The third kappa shape index (κ3) is 13.4. The van der Waals surface area contributed by atoms with Crippen LogP contribution in [-0.4, -0.2) is 60.3 Å². The largest absolute Gasteiger partial charge is 0.466 e. The van der Waals surface area contributed by atoms with Gasteiger partial charge in [0.25, 0.3) is 10.2 Å². The van der Waals surface area contributed by atoms with E-state index in [9.17, 15) is 29.8 Å². The van der Waals surface area contributed by atoms with Crippen molar-refractivity contribution in [3.8, 4) is 0 Å². The van der Waals surface area contributed by atoms with Crippen LogP contribution in [0.5, 0.6) is 0 Å². The molecule has 0 aliphatic rings. The molecule has 0 aliphatic carbocycles. The lowest BCUT2D eigenvalue weighted by atomic mass is 10.1. The lowest BCUT2D eigenvalue weighted by Crippen LogP contribution is -2.25. The highest BCUT2D eigenvalue weighted by Crippen LogP contribution is 2.08. The minimum absolute atomic E-state index is 0.0380. The summed E-state index contributed by atoms with van der Waals surface area (Å²) in [7, 11) is 0. The van der Waals surface area contributed by atoms with Crippen molar-refractivity contribution in [3.63, 3.8) is 0 Å². The van der Waals surface area contributed by atoms with E-state index in [-0.39, 0.29) is 32.8 Å². The summed E-state index contributed by atoms with van der Waals surface area (Å²) in [4.78, 5) is 51.1. The molecular weight excluding hydrogens is 348 g/mol. The van der Waals surface area contributed by atoms with E-state index in [1.807, 2.05) is 0 Å². The lowest BCUT2D eigenvalue weighted by molar-refractivity contribution is -0.757. The topological polar surface area (TPSA) is 178 Å². The molecule has 1 atom stereocenters. The van der Waals surface area contributed by atoms with Gasteiger partial charge in [0.15, 0.2) is 0 Å². The highest BCUT2D eigenvalue weighted by Gasteiger charge is 2.23. The van der Waals surface area contributed by atoms with E-state index >= 15 is 0 Å². The zero-order chi connectivity index (χ0) is 19.1. The molecule has 13 nitrogen and oxygen atoms in total. The number of hydrogen-bond donors (Lipinski definition) is 1. The van der Waals surface area contributed by atoms with Crippen molar-refractivity contribution in [2.24, 2.45) is 5.92 Å². The van der Waals surface area contributed by atoms with E-state index in [2.05, 4.69) is 9.68 Å². The van der Waals surface area contributed by atoms with Crippen molar-refractivity contribution in [1.82, 2.24) is 0 Å². The average molecular weight is 368 g/mol. The summed E-state index contributed by atoms with van der Waals surface area (Å²) < 4.78 is 9.59. The highest BCUT2D eigenvalue weighted by atomic mass is 17.0. The van der Waals surface area contributed by atoms with Crippen molar-refractivity contribution in [2.45, 2.75) is 25.7 Å². The first kappa shape index (κ1) is 22.3. The maximum Gasteiger partial charge on any atom is 0.311 e. The van der Waals surface area contributed by atoms with Crippen LogP contribution in [0.1, 0.15) is 25.7 Å². The first-order valence-electron chi connectivity index (χ1n) is 7.34. The van der Waals surface area contributed by atoms with Gasteiger partial charge in [-0.3, -0.25) is 9.59 Å². The fraction of sp³-hybridized carbons (Fsp3) is 0.833. The summed E-state index contributed by atoms with van der Waals surface area (Å²) in [5.74, 6) is -2.67. The van der Waals surface area contributed by atoms with E-state index < -0.39 is 41.1 Å². The molecule has 0 radical (unpaired) electrons. The highest BCUT2D eigenvalue weighted by molar-refractivity contribution is 5.80. The number of esters is 2. The molecule has 0 saturated heterocycles. The molecule has 0 aromatic carbocycles. The van der Waals surface area contributed by atoms with Gasteiger partial charge >= 0.3 is 11.9 Å². The van der Waals surface area contributed by atoms with Crippen molar-refractivity contribution in [3.05, 3.63) is 20.2 Å². The summed E-state index contributed by atoms with van der Waals surface area (Å²) in [5, 5.41) is 27.0. The SMILES string of the molecule is O=C(CC(CO)C(=O)OCCCCO[N+](=O)[O-])OCCCO[N+](=O)[O-]. The molecule has 0 amide bonds. The van der Waals surface area contributed by atoms with Crippen molar-refractivity contribution < 1.29 is 44.0 Å². The Morgan fingerprint density at radius 1 is 0.880 bits per heavy atom. The van der Waals surface area contributed by atoms with E-state index in [0.29, 0.717) is 12.8 Å². The normalized spacial score (nSPS) is 11.2. The second-order valence-corrected chi connectivity index (χ2v) is 4.65. The number of carbonyl (C=O) groups is 2. The zero-order valence-electron chi connectivity index (χ0n) is 13.4. The van der Waals surface area contributed by atoms with Crippen LogP contribution in [-0.2, 0) is 28.7 Å². The van der Waals surface area contributed by atoms with Gasteiger partial charge in [0, 0.05) is 6.42 Å². The summed E-state index contributed by atoms with van der Waals surface area (Å²) in [6.07, 6.45) is 0.313. The smallest absolute Gasteiger partial charge is 0.311 e. The van der Waals surface area contributed by atoms with Crippen LogP contribution in [0.2, 0.25) is 0 Å². The Hall–Kier alpha value is -2.70. The second-order valence-electron chi connectivity index (χ2n) is 4.65.